The average molecular weight is 387 g/mol. The number of nitrogens with zero attached hydrogens (tertiary/aromatic N) is 3. The molecule has 1 fully saturated rings. The fourth-order valence-corrected chi connectivity index (χ4v) is 4.05. The maximum Gasteiger partial charge on any atom is 0.271 e. The summed E-state index contributed by atoms with van der Waals surface area (Å²) < 4.78 is 0. The molecule has 29 heavy (non-hydrogen) atoms. The zero-order chi connectivity index (χ0) is 21.2. The predicted octanol–water partition coefficient (Wildman–Crippen LogP) is 3.61. The third kappa shape index (κ3) is 3.66. The molecule has 0 N–H and O–H groups in total. The number of carbonyl (C=O) groups excluding carboxylic acids is 2. The van der Waals surface area contributed by atoms with E-state index >= 15 is 0 Å². The zero-order valence-corrected chi connectivity index (χ0v) is 17.2. The second-order valence-corrected chi connectivity index (χ2v) is 7.80. The topological polar surface area (TPSA) is 64.4 Å². The molecule has 0 aliphatic carbocycles. The fraction of sp³-hybridized carbons (Fsp3) is 0.292. The predicted molar refractivity (Wildman–Crippen MR) is 112 cm³/mol. The second kappa shape index (κ2) is 7.92. The smallest absolute Gasteiger partial charge is 0.271 e. The van der Waals surface area contributed by atoms with Gasteiger partial charge in [0.05, 0.1) is 11.6 Å². The number of rotatable bonds is 4. The van der Waals surface area contributed by atoms with Crippen LogP contribution in [0.25, 0.3) is 6.08 Å². The Morgan fingerprint density at radius 1 is 1.07 bits per heavy atom. The first-order valence-corrected chi connectivity index (χ1v) is 9.66. The minimum atomic E-state index is -0.993. The summed E-state index contributed by atoms with van der Waals surface area (Å²) in [6, 6.07) is 18.8. The number of piperazine rings is 1. The van der Waals surface area contributed by atoms with Crippen molar-refractivity contribution < 1.29 is 9.59 Å². The molecule has 1 saturated heterocycles. The van der Waals surface area contributed by atoms with Gasteiger partial charge in [-0.2, -0.15) is 5.26 Å². The molecule has 2 aromatic carbocycles. The Morgan fingerprint density at radius 3 is 2.31 bits per heavy atom. The molecule has 2 aromatic rings. The summed E-state index contributed by atoms with van der Waals surface area (Å²) in [7, 11) is 1.63. The number of benzene rings is 2. The molecular weight excluding hydrogens is 362 g/mol. The van der Waals surface area contributed by atoms with Gasteiger partial charge in [-0.15, -0.1) is 0 Å². The quantitative estimate of drug-likeness (QED) is 0.753. The summed E-state index contributed by atoms with van der Waals surface area (Å²) in [5, 5.41) is 9.36. The Balaban J connectivity index is 2.08. The van der Waals surface area contributed by atoms with Crippen molar-refractivity contribution in [1.29, 1.82) is 5.26 Å². The zero-order valence-electron chi connectivity index (χ0n) is 17.2. The van der Waals surface area contributed by atoms with Gasteiger partial charge >= 0.3 is 0 Å². The van der Waals surface area contributed by atoms with Crippen LogP contribution in [0, 0.1) is 11.3 Å². The van der Waals surface area contributed by atoms with Crippen LogP contribution in [0.15, 0.2) is 60.3 Å². The van der Waals surface area contributed by atoms with Crippen LogP contribution in [0.3, 0.4) is 0 Å². The largest absolute Gasteiger partial charge is 0.320 e. The summed E-state index contributed by atoms with van der Waals surface area (Å²) in [5.41, 5.74) is 1.36. The van der Waals surface area contributed by atoms with Gasteiger partial charge < -0.3 is 9.80 Å². The summed E-state index contributed by atoms with van der Waals surface area (Å²) in [6.07, 6.45) is 2.07. The third-order valence-electron chi connectivity index (χ3n) is 5.38. The van der Waals surface area contributed by atoms with Gasteiger partial charge in [0.25, 0.3) is 11.8 Å². The van der Waals surface area contributed by atoms with Crippen molar-refractivity contribution in [2.45, 2.75) is 38.8 Å². The van der Waals surface area contributed by atoms with E-state index in [0.29, 0.717) is 17.5 Å². The standard InChI is InChI=1S/C24H25N3O2/c1-17(2)27-22(28)21(14-19-12-8-9-13-20(19)16-25)26(4)23(29)24(27,3)15-18-10-6-5-7-11-18/h5-14,17H,15H2,1-4H3. The van der Waals surface area contributed by atoms with Gasteiger partial charge in [0.15, 0.2) is 0 Å². The number of hydrogen-bond acceptors (Lipinski definition) is 3. The normalized spacial score (nSPS) is 21.0. The molecule has 0 aromatic heterocycles. The Labute approximate surface area is 171 Å². The van der Waals surface area contributed by atoms with Gasteiger partial charge in [0, 0.05) is 19.5 Å². The highest BCUT2D eigenvalue weighted by molar-refractivity contribution is 6.09. The number of carbonyl (C=O) groups is 2. The molecule has 0 saturated carbocycles. The minimum absolute atomic E-state index is 0.143. The van der Waals surface area contributed by atoms with Gasteiger partial charge in [0.1, 0.15) is 11.2 Å². The van der Waals surface area contributed by atoms with Crippen LogP contribution < -0.4 is 0 Å². The maximum atomic E-state index is 13.5. The summed E-state index contributed by atoms with van der Waals surface area (Å²) in [5.74, 6) is -0.358. The van der Waals surface area contributed by atoms with Crippen molar-refractivity contribution in [3.63, 3.8) is 0 Å². The number of likely N-dealkylation sites (N-methyl/N-ethyl adjacent to an activating group) is 1. The molecule has 1 atom stereocenters. The molecule has 0 spiro atoms. The van der Waals surface area contributed by atoms with Crippen LogP contribution in [-0.2, 0) is 16.0 Å². The Morgan fingerprint density at radius 2 is 1.69 bits per heavy atom. The van der Waals surface area contributed by atoms with E-state index < -0.39 is 5.54 Å². The van der Waals surface area contributed by atoms with Crippen molar-refractivity contribution in [2.24, 2.45) is 0 Å². The van der Waals surface area contributed by atoms with Gasteiger partial charge in [-0.1, -0.05) is 48.5 Å². The van der Waals surface area contributed by atoms with Crippen LogP contribution in [0.5, 0.6) is 0 Å². The Hall–Kier alpha value is -3.39. The lowest BCUT2D eigenvalue weighted by Crippen LogP contribution is -2.67. The highest BCUT2D eigenvalue weighted by atomic mass is 16.2. The monoisotopic (exact) mass is 387 g/mol. The fourth-order valence-electron chi connectivity index (χ4n) is 4.05. The first kappa shape index (κ1) is 20.3. The van der Waals surface area contributed by atoms with E-state index in [1.54, 1.807) is 36.2 Å². The molecule has 148 valence electrons. The molecule has 0 radical (unpaired) electrons. The van der Waals surface area contributed by atoms with E-state index in [1.807, 2.05) is 57.2 Å². The van der Waals surface area contributed by atoms with Gasteiger partial charge in [-0.3, -0.25) is 9.59 Å². The van der Waals surface area contributed by atoms with Crippen molar-refractivity contribution in [1.82, 2.24) is 9.80 Å². The molecule has 1 heterocycles. The average Bonchev–Trinajstić information content (AvgIpc) is 2.70. The number of amides is 2. The molecule has 0 bridgehead atoms. The maximum absolute atomic E-state index is 13.5. The summed E-state index contributed by atoms with van der Waals surface area (Å²) in [4.78, 5) is 30.1. The second-order valence-electron chi connectivity index (χ2n) is 7.80. The van der Waals surface area contributed by atoms with Crippen LogP contribution in [0.2, 0.25) is 0 Å². The van der Waals surface area contributed by atoms with Crippen molar-refractivity contribution >= 4 is 17.9 Å². The third-order valence-corrected chi connectivity index (χ3v) is 5.38. The Kier molecular flexibility index (Phi) is 5.56. The molecule has 3 rings (SSSR count). The number of nitriles is 1. The lowest BCUT2D eigenvalue weighted by atomic mass is 9.85. The Bertz CT molecular complexity index is 1000. The highest BCUT2D eigenvalue weighted by Gasteiger charge is 2.51. The van der Waals surface area contributed by atoms with Crippen LogP contribution in [0.4, 0.5) is 0 Å². The lowest BCUT2D eigenvalue weighted by molar-refractivity contribution is -0.159. The van der Waals surface area contributed by atoms with E-state index in [2.05, 4.69) is 6.07 Å². The summed E-state index contributed by atoms with van der Waals surface area (Å²) in [6.45, 7) is 5.66. The molecule has 1 aliphatic rings. The molecule has 1 aliphatic heterocycles. The molecule has 2 amide bonds. The minimum Gasteiger partial charge on any atom is -0.320 e. The van der Waals surface area contributed by atoms with Crippen molar-refractivity contribution in [2.75, 3.05) is 7.05 Å². The van der Waals surface area contributed by atoms with Crippen LogP contribution >= 0.6 is 0 Å². The first-order chi connectivity index (χ1) is 13.8. The summed E-state index contributed by atoms with van der Waals surface area (Å²) >= 11 is 0. The highest BCUT2D eigenvalue weighted by Crippen LogP contribution is 2.34. The van der Waals surface area contributed by atoms with Crippen LogP contribution in [0.1, 0.15) is 37.5 Å². The van der Waals surface area contributed by atoms with Gasteiger partial charge in [0.2, 0.25) is 0 Å². The van der Waals surface area contributed by atoms with E-state index in [0.717, 1.165) is 5.56 Å². The van der Waals surface area contributed by atoms with E-state index in [4.69, 9.17) is 0 Å². The SMILES string of the molecule is CC(C)N1C(=O)C(=Cc2ccccc2C#N)N(C)C(=O)C1(C)Cc1ccccc1. The molecule has 1 unspecified atom stereocenters. The van der Waals surface area contributed by atoms with Crippen LogP contribution in [-0.4, -0.2) is 40.2 Å². The molecule has 5 nitrogen and oxygen atoms in total. The van der Waals surface area contributed by atoms with E-state index in [-0.39, 0.29) is 23.6 Å². The van der Waals surface area contributed by atoms with Crippen molar-refractivity contribution in [3.05, 3.63) is 77.0 Å². The van der Waals surface area contributed by atoms with E-state index in [1.165, 1.54) is 4.90 Å². The van der Waals surface area contributed by atoms with E-state index in [9.17, 15) is 14.9 Å². The van der Waals surface area contributed by atoms with Gasteiger partial charge in [-0.05, 0) is 44.0 Å². The van der Waals surface area contributed by atoms with Gasteiger partial charge in [-0.25, -0.2) is 0 Å². The number of hydrogen-bond donors (Lipinski definition) is 0. The first-order valence-electron chi connectivity index (χ1n) is 9.66. The molecule has 5 heteroatoms. The lowest BCUT2D eigenvalue weighted by Gasteiger charge is -2.49. The van der Waals surface area contributed by atoms with Crippen molar-refractivity contribution in [3.8, 4) is 6.07 Å². The molecular formula is C24H25N3O2.